The molecule has 0 fully saturated rings. The molecule has 0 aliphatic heterocycles. The Morgan fingerprint density at radius 2 is 2.00 bits per heavy atom. The topological polar surface area (TPSA) is 37.8 Å². The summed E-state index contributed by atoms with van der Waals surface area (Å²) in [7, 11) is 0. The molecule has 0 saturated heterocycles. The normalized spacial score (nSPS) is 11.0. The van der Waals surface area contributed by atoms with Gasteiger partial charge in [-0.2, -0.15) is 4.98 Å². The van der Waals surface area contributed by atoms with E-state index >= 15 is 0 Å². The number of rotatable bonds is 2. The molecule has 7 heteroatoms. The van der Waals surface area contributed by atoms with E-state index in [9.17, 15) is 4.39 Å². The highest BCUT2D eigenvalue weighted by Crippen LogP contribution is 2.32. The monoisotopic (exact) mass is 327 g/mol. The maximum atomic E-state index is 13.8. The molecule has 3 nitrogen and oxygen atoms in total. The lowest BCUT2D eigenvalue weighted by Gasteiger charge is -2.08. The fraction of sp³-hybridized carbons (Fsp3) is 0.0769. The standard InChI is InChI=1S/C13H8Cl2FN3S/c1-6-4-8-11(18-13(15)19-12(8)20-6)17-10-5-7(14)2-3-9(10)16/h2-5H,1H3,(H,17,18,19). The third-order valence-electron chi connectivity index (χ3n) is 2.67. The molecule has 0 aliphatic carbocycles. The number of thiophene rings is 1. The van der Waals surface area contributed by atoms with Crippen molar-refractivity contribution in [3.63, 3.8) is 0 Å². The first kappa shape index (κ1) is 13.5. The van der Waals surface area contributed by atoms with E-state index in [1.54, 1.807) is 0 Å². The lowest BCUT2D eigenvalue weighted by molar-refractivity contribution is 0.632. The van der Waals surface area contributed by atoms with Gasteiger partial charge in [-0.25, -0.2) is 9.37 Å². The van der Waals surface area contributed by atoms with Gasteiger partial charge in [-0.05, 0) is 42.8 Å². The minimum absolute atomic E-state index is 0.115. The SMILES string of the molecule is Cc1cc2c(Nc3cc(Cl)ccc3F)nc(Cl)nc2s1. The average molecular weight is 328 g/mol. The number of nitrogens with zero attached hydrogens (tertiary/aromatic N) is 2. The minimum Gasteiger partial charge on any atom is -0.337 e. The van der Waals surface area contributed by atoms with Crippen LogP contribution in [0.1, 0.15) is 4.88 Å². The van der Waals surface area contributed by atoms with Crippen LogP contribution < -0.4 is 5.32 Å². The highest BCUT2D eigenvalue weighted by atomic mass is 35.5. The number of aryl methyl sites for hydroxylation is 1. The maximum absolute atomic E-state index is 13.8. The van der Waals surface area contributed by atoms with Gasteiger partial charge in [-0.1, -0.05) is 11.6 Å². The third-order valence-corrected chi connectivity index (χ3v) is 4.02. The zero-order chi connectivity index (χ0) is 14.3. The number of aromatic nitrogens is 2. The van der Waals surface area contributed by atoms with Crippen LogP contribution in [-0.2, 0) is 0 Å². The Labute approximate surface area is 128 Å². The van der Waals surface area contributed by atoms with Crippen LogP contribution in [0.3, 0.4) is 0 Å². The number of hydrogen-bond donors (Lipinski definition) is 1. The summed E-state index contributed by atoms with van der Waals surface area (Å²) in [5.41, 5.74) is 0.248. The van der Waals surface area contributed by atoms with Gasteiger partial charge in [0.05, 0.1) is 11.1 Å². The average Bonchev–Trinajstić information content (AvgIpc) is 2.74. The van der Waals surface area contributed by atoms with E-state index in [0.29, 0.717) is 10.8 Å². The van der Waals surface area contributed by atoms with Gasteiger partial charge in [0.2, 0.25) is 5.28 Å². The minimum atomic E-state index is -0.413. The smallest absolute Gasteiger partial charge is 0.225 e. The van der Waals surface area contributed by atoms with Gasteiger partial charge >= 0.3 is 0 Å². The van der Waals surface area contributed by atoms with Crippen LogP contribution in [0.4, 0.5) is 15.9 Å². The van der Waals surface area contributed by atoms with Crippen molar-refractivity contribution in [2.75, 3.05) is 5.32 Å². The highest BCUT2D eigenvalue weighted by molar-refractivity contribution is 7.18. The zero-order valence-electron chi connectivity index (χ0n) is 10.2. The van der Waals surface area contributed by atoms with Crippen molar-refractivity contribution in [2.45, 2.75) is 6.92 Å². The van der Waals surface area contributed by atoms with Crippen molar-refractivity contribution in [2.24, 2.45) is 0 Å². The number of anilines is 2. The molecular formula is C13H8Cl2FN3S. The summed E-state index contributed by atoms with van der Waals surface area (Å²) in [6.07, 6.45) is 0. The lowest BCUT2D eigenvalue weighted by Crippen LogP contribution is -1.98. The first-order chi connectivity index (χ1) is 9.52. The predicted octanol–water partition coefficient (Wildman–Crippen LogP) is 5.19. The number of nitrogens with one attached hydrogen (secondary N) is 1. The van der Waals surface area contributed by atoms with Gasteiger partial charge in [0.15, 0.2) is 0 Å². The van der Waals surface area contributed by atoms with Crippen LogP contribution in [0, 0.1) is 12.7 Å². The second-order valence-corrected chi connectivity index (χ2v) is 6.18. The molecule has 3 rings (SSSR count). The molecule has 20 heavy (non-hydrogen) atoms. The summed E-state index contributed by atoms with van der Waals surface area (Å²) in [6.45, 7) is 1.96. The Hall–Kier alpha value is -1.43. The van der Waals surface area contributed by atoms with E-state index in [1.807, 2.05) is 13.0 Å². The number of fused-ring (bicyclic) bond motifs is 1. The van der Waals surface area contributed by atoms with Gasteiger partial charge < -0.3 is 5.32 Å². The molecular weight excluding hydrogens is 320 g/mol. The van der Waals surface area contributed by atoms with Crippen LogP contribution >= 0.6 is 34.5 Å². The second-order valence-electron chi connectivity index (χ2n) is 4.17. The molecule has 2 heterocycles. The quantitative estimate of drug-likeness (QED) is 0.658. The molecule has 3 aromatic rings. The van der Waals surface area contributed by atoms with Gasteiger partial charge in [0.1, 0.15) is 16.5 Å². The van der Waals surface area contributed by atoms with Gasteiger partial charge in [0, 0.05) is 9.90 Å². The summed E-state index contributed by atoms with van der Waals surface area (Å²) >= 11 is 13.3. The predicted molar refractivity (Wildman–Crippen MR) is 81.9 cm³/mol. The zero-order valence-corrected chi connectivity index (χ0v) is 12.6. The molecule has 2 aromatic heterocycles. The number of halogens is 3. The second kappa shape index (κ2) is 5.16. The highest BCUT2D eigenvalue weighted by Gasteiger charge is 2.12. The summed E-state index contributed by atoms with van der Waals surface area (Å²) in [5.74, 6) is 0.0507. The molecule has 0 saturated carbocycles. The summed E-state index contributed by atoms with van der Waals surface area (Å²) in [5, 5.41) is 4.28. The summed E-state index contributed by atoms with van der Waals surface area (Å²) in [4.78, 5) is 10.1. The third kappa shape index (κ3) is 2.57. The largest absolute Gasteiger partial charge is 0.337 e. The Balaban J connectivity index is 2.12. The molecule has 0 atom stereocenters. The van der Waals surface area contributed by atoms with E-state index in [4.69, 9.17) is 23.2 Å². The molecule has 0 radical (unpaired) electrons. The molecule has 0 amide bonds. The van der Waals surface area contributed by atoms with Crippen molar-refractivity contribution < 1.29 is 4.39 Å². The molecule has 0 spiro atoms. The van der Waals surface area contributed by atoms with E-state index in [-0.39, 0.29) is 11.0 Å². The lowest BCUT2D eigenvalue weighted by atomic mass is 10.3. The Kier molecular flexibility index (Phi) is 3.50. The van der Waals surface area contributed by atoms with Gasteiger partial charge in [-0.3, -0.25) is 0 Å². The fourth-order valence-electron chi connectivity index (χ4n) is 1.83. The molecule has 1 aromatic carbocycles. The van der Waals surface area contributed by atoms with E-state index in [2.05, 4.69) is 15.3 Å². The Bertz CT molecular complexity index is 804. The van der Waals surface area contributed by atoms with Crippen molar-refractivity contribution in [3.8, 4) is 0 Å². The molecule has 0 unspecified atom stereocenters. The van der Waals surface area contributed by atoms with Crippen LogP contribution in [-0.4, -0.2) is 9.97 Å². The van der Waals surface area contributed by atoms with Gasteiger partial charge in [0.25, 0.3) is 0 Å². The van der Waals surface area contributed by atoms with Crippen molar-refractivity contribution in [1.82, 2.24) is 9.97 Å². The summed E-state index contributed by atoms with van der Waals surface area (Å²) < 4.78 is 13.8. The number of benzene rings is 1. The van der Waals surface area contributed by atoms with Crippen molar-refractivity contribution in [3.05, 3.63) is 45.3 Å². The Morgan fingerprint density at radius 1 is 1.20 bits per heavy atom. The van der Waals surface area contributed by atoms with E-state index in [0.717, 1.165) is 15.1 Å². The van der Waals surface area contributed by atoms with Crippen molar-refractivity contribution in [1.29, 1.82) is 0 Å². The maximum Gasteiger partial charge on any atom is 0.225 e. The van der Waals surface area contributed by atoms with Crippen LogP contribution in [0.15, 0.2) is 24.3 Å². The number of hydrogen-bond acceptors (Lipinski definition) is 4. The Morgan fingerprint density at radius 3 is 2.80 bits per heavy atom. The molecule has 1 N–H and O–H groups in total. The van der Waals surface area contributed by atoms with Gasteiger partial charge in [-0.15, -0.1) is 11.3 Å². The molecule has 0 bridgehead atoms. The molecule has 0 aliphatic rings. The van der Waals surface area contributed by atoms with Crippen LogP contribution in [0.2, 0.25) is 10.3 Å². The van der Waals surface area contributed by atoms with Crippen molar-refractivity contribution >= 4 is 56.3 Å². The molecule has 102 valence electrons. The van der Waals surface area contributed by atoms with E-state index < -0.39 is 5.82 Å². The fourth-order valence-corrected chi connectivity index (χ4v) is 3.10. The van der Waals surface area contributed by atoms with E-state index in [1.165, 1.54) is 29.5 Å². The first-order valence-electron chi connectivity index (χ1n) is 5.69. The first-order valence-corrected chi connectivity index (χ1v) is 7.26. The van der Waals surface area contributed by atoms with Crippen LogP contribution in [0.5, 0.6) is 0 Å². The van der Waals surface area contributed by atoms with Crippen LogP contribution in [0.25, 0.3) is 10.2 Å². The summed E-state index contributed by atoms with van der Waals surface area (Å²) in [6, 6.07) is 6.21.